The van der Waals surface area contributed by atoms with Crippen LogP contribution in [0, 0.1) is 11.3 Å². The lowest BCUT2D eigenvalue weighted by Gasteiger charge is -2.10. The van der Waals surface area contributed by atoms with Crippen molar-refractivity contribution in [3.63, 3.8) is 0 Å². The zero-order valence-corrected chi connectivity index (χ0v) is 10.9. The summed E-state index contributed by atoms with van der Waals surface area (Å²) < 4.78 is 5.12. The Bertz CT molecular complexity index is 652. The zero-order chi connectivity index (χ0) is 13.8. The average Bonchev–Trinajstić information content (AvgIpc) is 2.43. The number of hydrogen-bond donors (Lipinski definition) is 2. The summed E-state index contributed by atoms with van der Waals surface area (Å²) in [5.41, 5.74) is 7.36. The molecule has 1 heterocycles. The molecule has 1 aromatic heterocycles. The topological polar surface area (TPSA) is 84.0 Å². The predicted octanol–water partition coefficient (Wildman–Crippen LogP) is 2.94. The summed E-state index contributed by atoms with van der Waals surface area (Å²) in [7, 11) is 1.54. The van der Waals surface area contributed by atoms with E-state index in [1.165, 1.54) is 6.20 Å². The molecule has 0 radical (unpaired) electrons. The molecule has 1 aromatic carbocycles. The van der Waals surface area contributed by atoms with E-state index in [4.69, 9.17) is 27.3 Å². The van der Waals surface area contributed by atoms with Gasteiger partial charge in [-0.1, -0.05) is 11.6 Å². The molecule has 0 unspecified atom stereocenters. The highest BCUT2D eigenvalue weighted by atomic mass is 35.5. The Balaban J connectivity index is 2.29. The molecule has 0 atom stereocenters. The van der Waals surface area contributed by atoms with Crippen LogP contribution in [0.5, 0.6) is 5.75 Å². The molecular formula is C13H11ClN4O. The van der Waals surface area contributed by atoms with Crippen LogP contribution in [-0.4, -0.2) is 12.1 Å². The zero-order valence-electron chi connectivity index (χ0n) is 10.1. The third kappa shape index (κ3) is 2.87. The van der Waals surface area contributed by atoms with Gasteiger partial charge >= 0.3 is 0 Å². The second kappa shape index (κ2) is 5.46. The maximum atomic E-state index is 8.74. The molecular weight excluding hydrogens is 264 g/mol. The van der Waals surface area contributed by atoms with Crippen LogP contribution in [0.2, 0.25) is 5.02 Å². The standard InChI is InChI=1S/C13H11ClN4O/c1-19-12-5-9(2-3-10(12)14)18-13-11(16)4-8(6-15)7-17-13/h2-5,7H,16H2,1H3,(H,17,18). The normalized spacial score (nSPS) is 9.74. The first kappa shape index (κ1) is 13.0. The van der Waals surface area contributed by atoms with Crippen molar-refractivity contribution in [2.24, 2.45) is 0 Å². The average molecular weight is 275 g/mol. The Hall–Kier alpha value is -2.45. The molecule has 6 heteroatoms. The second-order valence-corrected chi connectivity index (χ2v) is 4.16. The van der Waals surface area contributed by atoms with Gasteiger partial charge in [0.2, 0.25) is 0 Å². The number of rotatable bonds is 3. The quantitative estimate of drug-likeness (QED) is 0.899. The number of benzene rings is 1. The maximum Gasteiger partial charge on any atom is 0.153 e. The molecule has 5 nitrogen and oxygen atoms in total. The number of hydrogen-bond acceptors (Lipinski definition) is 5. The summed E-state index contributed by atoms with van der Waals surface area (Å²) in [6, 6.07) is 8.77. The van der Waals surface area contributed by atoms with Crippen molar-refractivity contribution in [2.75, 3.05) is 18.2 Å². The third-order valence-corrected chi connectivity index (χ3v) is 2.77. The first-order valence-electron chi connectivity index (χ1n) is 5.40. The van der Waals surface area contributed by atoms with Crippen molar-refractivity contribution in [3.05, 3.63) is 41.0 Å². The molecule has 0 aliphatic rings. The lowest BCUT2D eigenvalue weighted by Crippen LogP contribution is -2.00. The Morgan fingerprint density at radius 1 is 1.42 bits per heavy atom. The van der Waals surface area contributed by atoms with Crippen LogP contribution in [-0.2, 0) is 0 Å². The SMILES string of the molecule is COc1cc(Nc2ncc(C#N)cc2N)ccc1Cl. The predicted molar refractivity (Wildman–Crippen MR) is 74.7 cm³/mol. The summed E-state index contributed by atoms with van der Waals surface area (Å²) in [5, 5.41) is 12.3. The van der Waals surface area contributed by atoms with E-state index in [0.29, 0.717) is 27.8 Å². The fourth-order valence-electron chi connectivity index (χ4n) is 1.52. The third-order valence-electron chi connectivity index (χ3n) is 2.46. The molecule has 19 heavy (non-hydrogen) atoms. The monoisotopic (exact) mass is 274 g/mol. The molecule has 0 aliphatic heterocycles. The number of anilines is 3. The van der Waals surface area contributed by atoms with E-state index in [9.17, 15) is 0 Å². The van der Waals surface area contributed by atoms with E-state index < -0.39 is 0 Å². The van der Waals surface area contributed by atoms with Crippen LogP contribution in [0.25, 0.3) is 0 Å². The number of ether oxygens (including phenoxy) is 1. The van der Waals surface area contributed by atoms with Crippen molar-refractivity contribution in [2.45, 2.75) is 0 Å². The van der Waals surface area contributed by atoms with E-state index in [1.54, 1.807) is 31.4 Å². The minimum absolute atomic E-state index is 0.396. The maximum absolute atomic E-state index is 8.74. The van der Waals surface area contributed by atoms with Crippen LogP contribution < -0.4 is 15.8 Å². The minimum atomic E-state index is 0.396. The van der Waals surface area contributed by atoms with Gasteiger partial charge in [-0.25, -0.2) is 4.98 Å². The Kier molecular flexibility index (Phi) is 3.74. The number of nitrogen functional groups attached to an aromatic ring is 1. The highest BCUT2D eigenvalue weighted by Crippen LogP contribution is 2.29. The van der Waals surface area contributed by atoms with Crippen molar-refractivity contribution < 1.29 is 4.74 Å². The molecule has 2 aromatic rings. The van der Waals surface area contributed by atoms with Gasteiger partial charge in [0.05, 0.1) is 23.4 Å². The molecule has 0 amide bonds. The molecule has 0 bridgehead atoms. The van der Waals surface area contributed by atoms with Crippen LogP contribution in [0.3, 0.4) is 0 Å². The van der Waals surface area contributed by atoms with E-state index >= 15 is 0 Å². The Morgan fingerprint density at radius 3 is 2.84 bits per heavy atom. The van der Waals surface area contributed by atoms with Gasteiger partial charge in [-0.3, -0.25) is 0 Å². The van der Waals surface area contributed by atoms with Crippen molar-refractivity contribution in [3.8, 4) is 11.8 Å². The largest absolute Gasteiger partial charge is 0.495 e. The van der Waals surface area contributed by atoms with E-state index in [-0.39, 0.29) is 0 Å². The number of pyridine rings is 1. The number of nitrogens with zero attached hydrogens (tertiary/aromatic N) is 2. The summed E-state index contributed by atoms with van der Waals surface area (Å²) >= 11 is 5.94. The minimum Gasteiger partial charge on any atom is -0.495 e. The van der Waals surface area contributed by atoms with Gasteiger partial charge in [-0.05, 0) is 18.2 Å². The van der Waals surface area contributed by atoms with Crippen LogP contribution in [0.1, 0.15) is 5.56 Å². The van der Waals surface area contributed by atoms with Gasteiger partial charge in [0.1, 0.15) is 11.8 Å². The highest BCUT2D eigenvalue weighted by Gasteiger charge is 2.06. The van der Waals surface area contributed by atoms with Crippen molar-refractivity contribution in [1.82, 2.24) is 4.98 Å². The molecule has 96 valence electrons. The van der Waals surface area contributed by atoms with E-state index in [1.807, 2.05) is 6.07 Å². The fraction of sp³-hybridized carbons (Fsp3) is 0.0769. The number of halogens is 1. The van der Waals surface area contributed by atoms with Gasteiger partial charge in [-0.2, -0.15) is 5.26 Å². The number of nitrogens with one attached hydrogen (secondary N) is 1. The first-order valence-corrected chi connectivity index (χ1v) is 5.78. The summed E-state index contributed by atoms with van der Waals surface area (Å²) in [5.74, 6) is 1.03. The molecule has 0 spiro atoms. The summed E-state index contributed by atoms with van der Waals surface area (Å²) in [6.45, 7) is 0. The Labute approximate surface area is 115 Å². The van der Waals surface area contributed by atoms with E-state index in [0.717, 1.165) is 5.69 Å². The van der Waals surface area contributed by atoms with Gasteiger partial charge in [0, 0.05) is 18.0 Å². The lowest BCUT2D eigenvalue weighted by molar-refractivity contribution is 0.415. The van der Waals surface area contributed by atoms with Gasteiger partial charge in [0.15, 0.2) is 5.82 Å². The molecule has 2 rings (SSSR count). The van der Waals surface area contributed by atoms with E-state index in [2.05, 4.69) is 10.3 Å². The second-order valence-electron chi connectivity index (χ2n) is 3.75. The van der Waals surface area contributed by atoms with Gasteiger partial charge in [0.25, 0.3) is 0 Å². The van der Waals surface area contributed by atoms with Crippen LogP contribution in [0.15, 0.2) is 30.5 Å². The molecule has 0 fully saturated rings. The van der Waals surface area contributed by atoms with Gasteiger partial charge < -0.3 is 15.8 Å². The van der Waals surface area contributed by atoms with Crippen LogP contribution >= 0.6 is 11.6 Å². The number of nitriles is 1. The summed E-state index contributed by atoms with van der Waals surface area (Å²) in [4.78, 5) is 4.09. The fourth-order valence-corrected chi connectivity index (χ4v) is 1.72. The highest BCUT2D eigenvalue weighted by molar-refractivity contribution is 6.32. The van der Waals surface area contributed by atoms with Crippen LogP contribution in [0.4, 0.5) is 17.2 Å². The number of nitrogens with two attached hydrogens (primary N) is 1. The number of methoxy groups -OCH3 is 1. The summed E-state index contributed by atoms with van der Waals surface area (Å²) in [6.07, 6.45) is 1.45. The Morgan fingerprint density at radius 2 is 2.21 bits per heavy atom. The first-order chi connectivity index (χ1) is 9.13. The van der Waals surface area contributed by atoms with Gasteiger partial charge in [-0.15, -0.1) is 0 Å². The lowest BCUT2D eigenvalue weighted by atomic mass is 10.2. The molecule has 0 aliphatic carbocycles. The van der Waals surface area contributed by atoms with Crippen molar-refractivity contribution >= 4 is 28.8 Å². The van der Waals surface area contributed by atoms with Crippen molar-refractivity contribution in [1.29, 1.82) is 5.26 Å². The smallest absolute Gasteiger partial charge is 0.153 e. The number of aromatic nitrogens is 1. The molecule has 3 N–H and O–H groups in total. The molecule has 0 saturated heterocycles. The molecule has 0 saturated carbocycles.